The first-order valence-electron chi connectivity index (χ1n) is 7.69. The summed E-state index contributed by atoms with van der Waals surface area (Å²) in [7, 11) is 0. The van der Waals surface area contributed by atoms with Crippen LogP contribution in [0.25, 0.3) is 0 Å². The highest BCUT2D eigenvalue weighted by molar-refractivity contribution is 7.98. The molecule has 0 aromatic heterocycles. The van der Waals surface area contributed by atoms with Gasteiger partial charge in [-0.1, -0.05) is 19.1 Å². The van der Waals surface area contributed by atoms with E-state index in [0.717, 1.165) is 29.2 Å². The van der Waals surface area contributed by atoms with Crippen molar-refractivity contribution < 1.29 is 18.4 Å². The molecule has 0 radical (unpaired) electrons. The first-order chi connectivity index (χ1) is 12.0. The third-order valence-electron chi connectivity index (χ3n) is 3.30. The van der Waals surface area contributed by atoms with Crippen molar-refractivity contribution in [2.75, 3.05) is 17.6 Å². The number of rotatable bonds is 7. The van der Waals surface area contributed by atoms with Gasteiger partial charge in [-0.2, -0.15) is 11.8 Å². The van der Waals surface area contributed by atoms with Gasteiger partial charge in [-0.15, -0.1) is 0 Å². The Hall–Kier alpha value is -2.41. The number of thioether (sulfide) groups is 1. The van der Waals surface area contributed by atoms with E-state index in [4.69, 9.17) is 0 Å². The van der Waals surface area contributed by atoms with Gasteiger partial charge in [0.2, 0.25) is 5.91 Å². The maximum absolute atomic E-state index is 13.1. The van der Waals surface area contributed by atoms with Gasteiger partial charge in [0.25, 0.3) is 5.91 Å². The van der Waals surface area contributed by atoms with E-state index in [-0.39, 0.29) is 18.1 Å². The normalized spacial score (nSPS) is 10.4. The summed E-state index contributed by atoms with van der Waals surface area (Å²) in [5.41, 5.74) is 1.70. The van der Waals surface area contributed by atoms with E-state index in [1.54, 1.807) is 23.9 Å². The van der Waals surface area contributed by atoms with Crippen LogP contribution in [0.15, 0.2) is 42.5 Å². The highest BCUT2D eigenvalue weighted by Crippen LogP contribution is 2.13. The summed E-state index contributed by atoms with van der Waals surface area (Å²) in [5.74, 6) is -1.05. The minimum Gasteiger partial charge on any atom is -0.343 e. The SMILES string of the molecule is CCSCc1ccc(C(=O)NCC(=O)Nc2ccc(F)c(F)c2)cc1. The quantitative estimate of drug-likeness (QED) is 0.789. The molecular weight excluding hydrogens is 346 g/mol. The zero-order chi connectivity index (χ0) is 18.2. The van der Waals surface area contributed by atoms with Crippen LogP contribution in [0, 0.1) is 11.6 Å². The molecule has 0 spiro atoms. The van der Waals surface area contributed by atoms with E-state index in [9.17, 15) is 18.4 Å². The summed E-state index contributed by atoms with van der Waals surface area (Å²) in [5, 5.41) is 4.87. The topological polar surface area (TPSA) is 58.2 Å². The summed E-state index contributed by atoms with van der Waals surface area (Å²) in [4.78, 5) is 23.8. The molecule has 2 aromatic carbocycles. The van der Waals surface area contributed by atoms with Crippen molar-refractivity contribution in [3.05, 3.63) is 65.2 Å². The van der Waals surface area contributed by atoms with Crippen molar-refractivity contribution in [2.24, 2.45) is 0 Å². The average Bonchev–Trinajstić information content (AvgIpc) is 2.61. The second kappa shape index (κ2) is 9.17. The zero-order valence-corrected chi connectivity index (χ0v) is 14.5. The summed E-state index contributed by atoms with van der Waals surface area (Å²) in [6.07, 6.45) is 0. The van der Waals surface area contributed by atoms with Crippen LogP contribution in [0.3, 0.4) is 0 Å². The zero-order valence-electron chi connectivity index (χ0n) is 13.6. The second-order valence-corrected chi connectivity index (χ2v) is 6.47. The molecule has 0 bridgehead atoms. The van der Waals surface area contributed by atoms with Crippen LogP contribution in [0.2, 0.25) is 0 Å². The van der Waals surface area contributed by atoms with Gasteiger partial charge >= 0.3 is 0 Å². The van der Waals surface area contributed by atoms with E-state index in [0.29, 0.717) is 5.56 Å². The monoisotopic (exact) mass is 364 g/mol. The Morgan fingerprint density at radius 3 is 2.40 bits per heavy atom. The van der Waals surface area contributed by atoms with E-state index in [1.165, 1.54) is 6.07 Å². The first kappa shape index (κ1) is 18.9. The summed E-state index contributed by atoms with van der Waals surface area (Å²) in [6, 6.07) is 10.2. The molecule has 0 unspecified atom stereocenters. The minimum atomic E-state index is -1.05. The predicted octanol–water partition coefficient (Wildman–Crippen LogP) is 3.59. The van der Waals surface area contributed by atoms with Gasteiger partial charge in [0.15, 0.2) is 11.6 Å². The van der Waals surface area contributed by atoms with Crippen LogP contribution >= 0.6 is 11.8 Å². The lowest BCUT2D eigenvalue weighted by Gasteiger charge is -2.08. The molecule has 2 amide bonds. The fourth-order valence-corrected chi connectivity index (χ4v) is 2.65. The number of nitrogens with one attached hydrogen (secondary N) is 2. The Balaban J connectivity index is 1.84. The van der Waals surface area contributed by atoms with Crippen molar-refractivity contribution in [3.63, 3.8) is 0 Å². The van der Waals surface area contributed by atoms with Gasteiger partial charge in [0, 0.05) is 23.1 Å². The first-order valence-corrected chi connectivity index (χ1v) is 8.85. The average molecular weight is 364 g/mol. The number of amides is 2. The maximum atomic E-state index is 13.1. The van der Waals surface area contributed by atoms with E-state index < -0.39 is 17.5 Å². The molecule has 0 saturated heterocycles. The fourth-order valence-electron chi connectivity index (χ4n) is 2.01. The van der Waals surface area contributed by atoms with Crippen molar-refractivity contribution >= 4 is 29.3 Å². The molecule has 0 saturated carbocycles. The number of hydrogen-bond acceptors (Lipinski definition) is 3. The highest BCUT2D eigenvalue weighted by Gasteiger charge is 2.09. The van der Waals surface area contributed by atoms with Gasteiger partial charge in [-0.25, -0.2) is 8.78 Å². The molecule has 2 aromatic rings. The summed E-state index contributed by atoms with van der Waals surface area (Å²) < 4.78 is 25.9. The second-order valence-electron chi connectivity index (χ2n) is 5.19. The predicted molar refractivity (Wildman–Crippen MR) is 95.6 cm³/mol. The lowest BCUT2D eigenvalue weighted by atomic mass is 10.1. The smallest absolute Gasteiger partial charge is 0.251 e. The summed E-state index contributed by atoms with van der Waals surface area (Å²) in [6.45, 7) is 1.81. The van der Waals surface area contributed by atoms with Gasteiger partial charge in [0.1, 0.15) is 0 Å². The molecule has 2 rings (SSSR count). The lowest BCUT2D eigenvalue weighted by molar-refractivity contribution is -0.115. The third kappa shape index (κ3) is 5.86. The number of anilines is 1. The van der Waals surface area contributed by atoms with Crippen molar-refractivity contribution in [3.8, 4) is 0 Å². The Morgan fingerprint density at radius 1 is 1.04 bits per heavy atom. The highest BCUT2D eigenvalue weighted by atomic mass is 32.2. The van der Waals surface area contributed by atoms with Crippen molar-refractivity contribution in [1.82, 2.24) is 5.32 Å². The molecular formula is C18H18F2N2O2S. The maximum Gasteiger partial charge on any atom is 0.251 e. The van der Waals surface area contributed by atoms with Gasteiger partial charge in [0.05, 0.1) is 6.54 Å². The Bertz CT molecular complexity index is 751. The minimum absolute atomic E-state index is 0.121. The number of carbonyl (C=O) groups is 2. The molecule has 7 heteroatoms. The van der Waals surface area contributed by atoms with Crippen LogP contribution in [-0.4, -0.2) is 24.1 Å². The molecule has 4 nitrogen and oxygen atoms in total. The van der Waals surface area contributed by atoms with Crippen LogP contribution in [0.4, 0.5) is 14.5 Å². The number of halogens is 2. The number of benzene rings is 2. The molecule has 0 fully saturated rings. The van der Waals surface area contributed by atoms with Crippen molar-refractivity contribution in [1.29, 1.82) is 0 Å². The third-order valence-corrected chi connectivity index (χ3v) is 4.25. The Kier molecular flexibility index (Phi) is 6.94. The molecule has 0 aliphatic rings. The van der Waals surface area contributed by atoms with Crippen LogP contribution in [0.5, 0.6) is 0 Å². The molecule has 0 aliphatic carbocycles. The van der Waals surface area contributed by atoms with E-state index in [1.807, 2.05) is 12.1 Å². The van der Waals surface area contributed by atoms with E-state index in [2.05, 4.69) is 17.6 Å². The molecule has 25 heavy (non-hydrogen) atoms. The molecule has 2 N–H and O–H groups in total. The van der Waals surface area contributed by atoms with Crippen LogP contribution in [0.1, 0.15) is 22.8 Å². The standard InChI is InChI=1S/C18H18F2N2O2S/c1-2-25-11-12-3-5-13(6-4-12)18(24)21-10-17(23)22-14-7-8-15(19)16(20)9-14/h3-9H,2,10-11H2,1H3,(H,21,24)(H,22,23). The molecule has 132 valence electrons. The van der Waals surface area contributed by atoms with Crippen molar-refractivity contribution in [2.45, 2.75) is 12.7 Å². The molecule has 0 atom stereocenters. The molecule has 0 aliphatic heterocycles. The Labute approximate surface area is 149 Å². The number of carbonyl (C=O) groups excluding carboxylic acids is 2. The number of hydrogen-bond donors (Lipinski definition) is 2. The Morgan fingerprint density at radius 2 is 1.76 bits per heavy atom. The summed E-state index contributed by atoms with van der Waals surface area (Å²) >= 11 is 1.79. The lowest BCUT2D eigenvalue weighted by Crippen LogP contribution is -2.32. The largest absolute Gasteiger partial charge is 0.343 e. The van der Waals surface area contributed by atoms with E-state index >= 15 is 0 Å². The van der Waals surface area contributed by atoms with Crippen LogP contribution in [-0.2, 0) is 10.5 Å². The fraction of sp³-hybridized carbons (Fsp3) is 0.222. The molecule has 0 heterocycles. The van der Waals surface area contributed by atoms with Gasteiger partial charge in [-0.05, 0) is 35.6 Å². The van der Waals surface area contributed by atoms with Gasteiger partial charge < -0.3 is 10.6 Å². The van der Waals surface area contributed by atoms with Gasteiger partial charge in [-0.3, -0.25) is 9.59 Å². The van der Waals surface area contributed by atoms with Crippen LogP contribution < -0.4 is 10.6 Å².